The number of primary amides is 1. The van der Waals surface area contributed by atoms with Crippen LogP contribution in [0.5, 0.6) is 5.75 Å². The fraction of sp³-hybridized carbons (Fsp3) is 0.118. The van der Waals surface area contributed by atoms with Crippen LogP contribution >= 0.6 is 0 Å². The quantitative estimate of drug-likeness (QED) is 0.881. The average Bonchev–Trinajstić information content (AvgIpc) is 2.55. The Morgan fingerprint density at radius 1 is 1.17 bits per heavy atom. The average molecular weight is 309 g/mol. The third-order valence-corrected chi connectivity index (χ3v) is 3.12. The number of hydrogen-bond donors (Lipinski definition) is 2. The number of rotatable bonds is 5. The second kappa shape index (κ2) is 7.09. The lowest BCUT2D eigenvalue weighted by atomic mass is 10.1. The molecule has 0 aliphatic rings. The number of nitrogens with zero attached hydrogens (tertiary/aromatic N) is 1. The van der Waals surface area contributed by atoms with Crippen LogP contribution in [0.15, 0.2) is 48.5 Å². The molecular formula is C17H15N3O3. The highest BCUT2D eigenvalue weighted by Gasteiger charge is 2.17. The van der Waals surface area contributed by atoms with Crippen LogP contribution in [0.4, 0.5) is 5.69 Å². The Morgan fingerprint density at radius 2 is 1.83 bits per heavy atom. The zero-order valence-electron chi connectivity index (χ0n) is 12.4. The van der Waals surface area contributed by atoms with Crippen molar-refractivity contribution in [1.82, 2.24) is 0 Å². The predicted molar refractivity (Wildman–Crippen MR) is 84.8 cm³/mol. The molecule has 6 nitrogen and oxygen atoms in total. The molecule has 3 N–H and O–H groups in total. The summed E-state index contributed by atoms with van der Waals surface area (Å²) in [5.74, 6) is -0.570. The molecular weight excluding hydrogens is 294 g/mol. The summed E-state index contributed by atoms with van der Waals surface area (Å²) < 4.78 is 5.51. The van der Waals surface area contributed by atoms with E-state index in [2.05, 4.69) is 5.32 Å². The smallest absolute Gasteiger partial charge is 0.265 e. The van der Waals surface area contributed by atoms with Gasteiger partial charge in [-0.3, -0.25) is 9.59 Å². The minimum atomic E-state index is -0.788. The van der Waals surface area contributed by atoms with Crippen LogP contribution in [0.1, 0.15) is 22.8 Å². The highest BCUT2D eigenvalue weighted by molar-refractivity contribution is 6.03. The van der Waals surface area contributed by atoms with Gasteiger partial charge < -0.3 is 15.8 Å². The maximum atomic E-state index is 12.2. The fourth-order valence-corrected chi connectivity index (χ4v) is 1.91. The van der Waals surface area contributed by atoms with Gasteiger partial charge in [-0.25, -0.2) is 0 Å². The van der Waals surface area contributed by atoms with E-state index in [4.69, 9.17) is 15.7 Å². The molecule has 2 aromatic carbocycles. The lowest BCUT2D eigenvalue weighted by molar-refractivity contribution is -0.122. The summed E-state index contributed by atoms with van der Waals surface area (Å²) >= 11 is 0. The Hall–Kier alpha value is -3.33. The molecule has 2 rings (SSSR count). The molecule has 0 heterocycles. The highest BCUT2D eigenvalue weighted by Crippen LogP contribution is 2.17. The molecule has 1 atom stereocenters. The van der Waals surface area contributed by atoms with Crippen molar-refractivity contribution in [2.24, 2.45) is 5.73 Å². The van der Waals surface area contributed by atoms with Gasteiger partial charge in [0.25, 0.3) is 11.8 Å². The van der Waals surface area contributed by atoms with Gasteiger partial charge in [0.05, 0.1) is 22.9 Å². The maximum Gasteiger partial charge on any atom is 0.265 e. The van der Waals surface area contributed by atoms with E-state index in [0.717, 1.165) is 0 Å². The van der Waals surface area contributed by atoms with Gasteiger partial charge >= 0.3 is 0 Å². The van der Waals surface area contributed by atoms with Gasteiger partial charge in [-0.1, -0.05) is 12.1 Å². The Morgan fingerprint density at radius 3 is 2.43 bits per heavy atom. The second-order valence-electron chi connectivity index (χ2n) is 4.80. The number of amides is 2. The summed E-state index contributed by atoms with van der Waals surface area (Å²) in [6.07, 6.45) is -0.788. The molecule has 0 fully saturated rings. The molecule has 0 saturated heterocycles. The lowest BCUT2D eigenvalue weighted by Crippen LogP contribution is -2.31. The molecule has 0 spiro atoms. The van der Waals surface area contributed by atoms with Crippen molar-refractivity contribution in [1.29, 1.82) is 5.26 Å². The number of anilines is 1. The number of para-hydroxylation sites is 1. The summed E-state index contributed by atoms with van der Waals surface area (Å²) in [6, 6.07) is 14.9. The molecule has 116 valence electrons. The maximum absolute atomic E-state index is 12.2. The molecule has 0 saturated carbocycles. The summed E-state index contributed by atoms with van der Waals surface area (Å²) in [6.45, 7) is 1.58. The molecule has 23 heavy (non-hydrogen) atoms. The monoisotopic (exact) mass is 309 g/mol. The summed E-state index contributed by atoms with van der Waals surface area (Å²) in [5.41, 5.74) is 6.34. The highest BCUT2D eigenvalue weighted by atomic mass is 16.5. The van der Waals surface area contributed by atoms with E-state index in [1.165, 1.54) is 6.07 Å². The first kappa shape index (κ1) is 16.0. The fourth-order valence-electron chi connectivity index (χ4n) is 1.91. The SMILES string of the molecule is CC(Oc1ccc(C#N)cc1)C(=O)Nc1ccccc1C(N)=O. The van der Waals surface area contributed by atoms with Crippen molar-refractivity contribution in [3.05, 3.63) is 59.7 Å². The summed E-state index contributed by atoms with van der Waals surface area (Å²) in [7, 11) is 0. The van der Waals surface area contributed by atoms with E-state index in [1.807, 2.05) is 6.07 Å². The standard InChI is InChI=1S/C17H15N3O3/c1-11(23-13-8-6-12(10-18)7-9-13)17(22)20-15-5-3-2-4-14(15)16(19)21/h2-9,11H,1H3,(H2,19,21)(H,20,22). The number of carbonyl (C=O) groups is 2. The Bertz CT molecular complexity index is 763. The van der Waals surface area contributed by atoms with Crippen LogP contribution in [0.2, 0.25) is 0 Å². The number of nitrogens with two attached hydrogens (primary N) is 1. The van der Waals surface area contributed by atoms with Crippen molar-refractivity contribution in [3.8, 4) is 11.8 Å². The number of carbonyl (C=O) groups excluding carboxylic acids is 2. The number of nitrogens with one attached hydrogen (secondary N) is 1. The van der Waals surface area contributed by atoms with E-state index < -0.39 is 17.9 Å². The minimum Gasteiger partial charge on any atom is -0.481 e. The van der Waals surface area contributed by atoms with Crippen molar-refractivity contribution in [2.45, 2.75) is 13.0 Å². The molecule has 0 aliphatic carbocycles. The Labute approximate surface area is 133 Å². The molecule has 2 amide bonds. The van der Waals surface area contributed by atoms with Crippen molar-refractivity contribution >= 4 is 17.5 Å². The lowest BCUT2D eigenvalue weighted by Gasteiger charge is -2.15. The van der Waals surface area contributed by atoms with Gasteiger partial charge in [-0.2, -0.15) is 5.26 Å². The number of ether oxygens (including phenoxy) is 1. The molecule has 0 aromatic heterocycles. The number of hydrogen-bond acceptors (Lipinski definition) is 4. The van der Waals surface area contributed by atoms with Gasteiger partial charge in [-0.05, 0) is 43.3 Å². The van der Waals surface area contributed by atoms with Crippen LogP contribution in [0.3, 0.4) is 0 Å². The van der Waals surface area contributed by atoms with Crippen LogP contribution in [0, 0.1) is 11.3 Å². The van der Waals surface area contributed by atoms with Crippen LogP contribution in [-0.2, 0) is 4.79 Å². The van der Waals surface area contributed by atoms with Crippen LogP contribution in [0.25, 0.3) is 0 Å². The van der Waals surface area contributed by atoms with Crippen LogP contribution in [-0.4, -0.2) is 17.9 Å². The Kier molecular flexibility index (Phi) is 4.95. The van der Waals surface area contributed by atoms with Crippen molar-refractivity contribution in [3.63, 3.8) is 0 Å². The van der Waals surface area contributed by atoms with E-state index in [0.29, 0.717) is 17.0 Å². The Balaban J connectivity index is 2.05. The normalized spacial score (nSPS) is 11.1. The largest absolute Gasteiger partial charge is 0.481 e. The van der Waals surface area contributed by atoms with Gasteiger partial charge in [-0.15, -0.1) is 0 Å². The first-order valence-electron chi connectivity index (χ1n) is 6.88. The third-order valence-electron chi connectivity index (χ3n) is 3.12. The molecule has 0 radical (unpaired) electrons. The van der Waals surface area contributed by atoms with Gasteiger partial charge in [0.1, 0.15) is 5.75 Å². The third kappa shape index (κ3) is 4.08. The van der Waals surface area contributed by atoms with E-state index in [9.17, 15) is 9.59 Å². The van der Waals surface area contributed by atoms with Gasteiger partial charge in [0, 0.05) is 0 Å². The van der Waals surface area contributed by atoms with Crippen LogP contribution < -0.4 is 15.8 Å². The van der Waals surface area contributed by atoms with Crippen molar-refractivity contribution < 1.29 is 14.3 Å². The topological polar surface area (TPSA) is 105 Å². The first-order chi connectivity index (χ1) is 11.0. The zero-order chi connectivity index (χ0) is 16.8. The minimum absolute atomic E-state index is 0.228. The molecule has 0 aliphatic heterocycles. The number of nitriles is 1. The molecule has 6 heteroatoms. The van der Waals surface area contributed by atoms with E-state index in [-0.39, 0.29) is 5.56 Å². The van der Waals surface area contributed by atoms with Gasteiger partial charge in [0.15, 0.2) is 6.10 Å². The van der Waals surface area contributed by atoms with Crippen molar-refractivity contribution in [2.75, 3.05) is 5.32 Å². The molecule has 0 bridgehead atoms. The zero-order valence-corrected chi connectivity index (χ0v) is 12.4. The first-order valence-corrected chi connectivity index (χ1v) is 6.88. The summed E-state index contributed by atoms with van der Waals surface area (Å²) in [4.78, 5) is 23.5. The van der Waals surface area contributed by atoms with E-state index >= 15 is 0 Å². The summed E-state index contributed by atoms with van der Waals surface area (Å²) in [5, 5.41) is 11.4. The number of benzene rings is 2. The second-order valence-corrected chi connectivity index (χ2v) is 4.80. The van der Waals surface area contributed by atoms with Gasteiger partial charge in [0.2, 0.25) is 0 Å². The predicted octanol–water partition coefficient (Wildman–Crippen LogP) is 2.06. The molecule has 2 aromatic rings. The van der Waals surface area contributed by atoms with E-state index in [1.54, 1.807) is 49.4 Å². The molecule has 1 unspecified atom stereocenters.